The van der Waals surface area contributed by atoms with Crippen LogP contribution < -0.4 is 11.1 Å². The van der Waals surface area contributed by atoms with Gasteiger partial charge in [0.1, 0.15) is 5.60 Å². The van der Waals surface area contributed by atoms with Crippen LogP contribution in [0.3, 0.4) is 0 Å². The van der Waals surface area contributed by atoms with Gasteiger partial charge in [-0.1, -0.05) is 12.2 Å². The van der Waals surface area contributed by atoms with Crippen molar-refractivity contribution in [1.29, 1.82) is 0 Å². The standard InChI is InChI=1S/C14H18F2N2O2/c1-14(2,3)20-13(19)18-6-4-5-9-7-10(15)11(16)8-12(9)17/h4-5,7-8H,6,17H2,1-3H3,(H,18,19). The van der Waals surface area contributed by atoms with E-state index in [9.17, 15) is 13.6 Å². The molecule has 0 saturated carbocycles. The molecule has 0 radical (unpaired) electrons. The third-order valence-electron chi connectivity index (χ3n) is 2.19. The Morgan fingerprint density at radius 2 is 1.95 bits per heavy atom. The van der Waals surface area contributed by atoms with Gasteiger partial charge in [0.25, 0.3) is 0 Å². The minimum atomic E-state index is -0.994. The largest absolute Gasteiger partial charge is 0.444 e. The minimum absolute atomic E-state index is 0.123. The lowest BCUT2D eigenvalue weighted by Gasteiger charge is -2.19. The Balaban J connectivity index is 2.54. The van der Waals surface area contributed by atoms with Gasteiger partial charge in [0, 0.05) is 23.9 Å². The zero-order valence-electron chi connectivity index (χ0n) is 11.7. The van der Waals surface area contributed by atoms with Gasteiger partial charge < -0.3 is 15.8 Å². The highest BCUT2D eigenvalue weighted by Gasteiger charge is 2.15. The summed E-state index contributed by atoms with van der Waals surface area (Å²) in [4.78, 5) is 11.3. The zero-order valence-corrected chi connectivity index (χ0v) is 11.7. The third-order valence-corrected chi connectivity index (χ3v) is 2.19. The molecule has 0 spiro atoms. The van der Waals surface area contributed by atoms with E-state index in [2.05, 4.69) is 5.32 Å². The number of anilines is 1. The Morgan fingerprint density at radius 3 is 2.55 bits per heavy atom. The summed E-state index contributed by atoms with van der Waals surface area (Å²) in [5, 5.41) is 2.50. The summed E-state index contributed by atoms with van der Waals surface area (Å²) in [6.45, 7) is 5.45. The van der Waals surface area contributed by atoms with Gasteiger partial charge in [0.15, 0.2) is 11.6 Å². The number of carbonyl (C=O) groups excluding carboxylic acids is 1. The van der Waals surface area contributed by atoms with Crippen molar-refractivity contribution in [2.45, 2.75) is 26.4 Å². The molecule has 0 saturated heterocycles. The number of nitrogens with one attached hydrogen (secondary N) is 1. The molecule has 1 aromatic carbocycles. The maximum absolute atomic E-state index is 13.0. The van der Waals surface area contributed by atoms with E-state index in [4.69, 9.17) is 10.5 Å². The molecule has 0 bridgehead atoms. The van der Waals surface area contributed by atoms with E-state index in [0.717, 1.165) is 12.1 Å². The number of benzene rings is 1. The molecule has 0 atom stereocenters. The highest BCUT2D eigenvalue weighted by atomic mass is 19.2. The molecular formula is C14H18F2N2O2. The summed E-state index contributed by atoms with van der Waals surface area (Å²) < 4.78 is 30.9. The summed E-state index contributed by atoms with van der Waals surface area (Å²) in [7, 11) is 0. The van der Waals surface area contributed by atoms with Crippen molar-refractivity contribution in [3.8, 4) is 0 Å². The molecular weight excluding hydrogens is 266 g/mol. The second kappa shape index (κ2) is 6.36. The van der Waals surface area contributed by atoms with Crippen molar-refractivity contribution in [2.24, 2.45) is 0 Å². The molecule has 4 nitrogen and oxygen atoms in total. The first-order valence-corrected chi connectivity index (χ1v) is 6.07. The number of amides is 1. The van der Waals surface area contributed by atoms with Crippen LogP contribution in [0.15, 0.2) is 18.2 Å². The maximum Gasteiger partial charge on any atom is 0.407 e. The summed E-state index contributed by atoms with van der Waals surface area (Å²) >= 11 is 0. The highest BCUT2D eigenvalue weighted by Crippen LogP contribution is 2.18. The molecule has 0 fully saturated rings. The van der Waals surface area contributed by atoms with E-state index in [1.807, 2.05) is 0 Å². The van der Waals surface area contributed by atoms with Crippen LogP contribution in [0.4, 0.5) is 19.3 Å². The van der Waals surface area contributed by atoms with Crippen molar-refractivity contribution >= 4 is 17.9 Å². The molecule has 0 aliphatic heterocycles. The van der Waals surface area contributed by atoms with Crippen LogP contribution in [0.1, 0.15) is 26.3 Å². The van der Waals surface area contributed by atoms with Crippen LogP contribution in [0, 0.1) is 11.6 Å². The SMILES string of the molecule is CC(C)(C)OC(=O)NCC=Cc1cc(F)c(F)cc1N. The predicted molar refractivity (Wildman–Crippen MR) is 74.0 cm³/mol. The number of rotatable bonds is 3. The predicted octanol–water partition coefficient (Wildman–Crippen LogP) is 3.08. The number of carbonyl (C=O) groups is 1. The van der Waals surface area contributed by atoms with Gasteiger partial charge >= 0.3 is 6.09 Å². The number of alkyl carbamates (subject to hydrolysis) is 1. The topological polar surface area (TPSA) is 64.3 Å². The van der Waals surface area contributed by atoms with Crippen molar-refractivity contribution in [3.63, 3.8) is 0 Å². The Morgan fingerprint density at radius 1 is 1.35 bits per heavy atom. The number of hydrogen-bond acceptors (Lipinski definition) is 3. The van der Waals surface area contributed by atoms with Gasteiger partial charge in [0.2, 0.25) is 0 Å². The lowest BCUT2D eigenvalue weighted by molar-refractivity contribution is 0.0534. The molecule has 3 N–H and O–H groups in total. The molecule has 0 heterocycles. The molecule has 0 unspecified atom stereocenters. The van der Waals surface area contributed by atoms with E-state index in [-0.39, 0.29) is 12.2 Å². The van der Waals surface area contributed by atoms with Crippen LogP contribution in [-0.2, 0) is 4.74 Å². The zero-order chi connectivity index (χ0) is 15.3. The summed E-state index contributed by atoms with van der Waals surface area (Å²) in [5.74, 6) is -1.97. The Kier molecular flexibility index (Phi) is 5.07. The lowest BCUT2D eigenvalue weighted by Crippen LogP contribution is -2.32. The number of hydrogen-bond donors (Lipinski definition) is 2. The quantitative estimate of drug-likeness (QED) is 0.838. The van der Waals surface area contributed by atoms with E-state index >= 15 is 0 Å². The molecule has 0 aromatic heterocycles. The average Bonchev–Trinajstić information content (AvgIpc) is 2.28. The van der Waals surface area contributed by atoms with Gasteiger partial charge in [0.05, 0.1) is 0 Å². The van der Waals surface area contributed by atoms with Crippen LogP contribution in [0.2, 0.25) is 0 Å². The van der Waals surface area contributed by atoms with Crippen molar-refractivity contribution in [3.05, 3.63) is 35.4 Å². The van der Waals surface area contributed by atoms with Gasteiger partial charge in [-0.25, -0.2) is 13.6 Å². The molecule has 0 aliphatic rings. The van der Waals surface area contributed by atoms with Crippen LogP contribution >= 0.6 is 0 Å². The Bertz CT molecular complexity index is 523. The fourth-order valence-corrected chi connectivity index (χ4v) is 1.36. The van der Waals surface area contributed by atoms with Crippen molar-refractivity contribution < 1.29 is 18.3 Å². The normalized spacial score (nSPS) is 11.7. The van der Waals surface area contributed by atoms with Gasteiger partial charge in [-0.15, -0.1) is 0 Å². The second-order valence-electron chi connectivity index (χ2n) is 5.18. The number of halogens is 2. The van der Waals surface area contributed by atoms with E-state index in [0.29, 0.717) is 5.56 Å². The van der Waals surface area contributed by atoms with E-state index in [1.165, 1.54) is 6.08 Å². The monoisotopic (exact) mass is 284 g/mol. The van der Waals surface area contributed by atoms with Crippen LogP contribution in [-0.4, -0.2) is 18.2 Å². The first-order valence-electron chi connectivity index (χ1n) is 6.07. The van der Waals surface area contributed by atoms with E-state index < -0.39 is 23.3 Å². The maximum atomic E-state index is 13.0. The van der Waals surface area contributed by atoms with Crippen molar-refractivity contribution in [2.75, 3.05) is 12.3 Å². The van der Waals surface area contributed by atoms with Gasteiger partial charge in [-0.05, 0) is 26.8 Å². The first kappa shape index (κ1) is 15.9. The highest BCUT2D eigenvalue weighted by molar-refractivity contribution is 5.69. The number of nitrogens with two attached hydrogens (primary N) is 1. The minimum Gasteiger partial charge on any atom is -0.444 e. The molecule has 1 amide bonds. The lowest BCUT2D eigenvalue weighted by atomic mass is 10.1. The summed E-state index contributed by atoms with van der Waals surface area (Å²) in [6, 6.07) is 1.91. The number of ether oxygens (including phenoxy) is 1. The molecule has 6 heteroatoms. The number of nitrogen functional groups attached to an aromatic ring is 1. The molecule has 0 aliphatic carbocycles. The van der Waals surface area contributed by atoms with E-state index in [1.54, 1.807) is 26.8 Å². The van der Waals surface area contributed by atoms with Gasteiger partial charge in [-0.2, -0.15) is 0 Å². The fourth-order valence-electron chi connectivity index (χ4n) is 1.36. The summed E-state index contributed by atoms with van der Waals surface area (Å²) in [5.41, 5.74) is 5.44. The van der Waals surface area contributed by atoms with Crippen molar-refractivity contribution in [1.82, 2.24) is 5.32 Å². The molecule has 110 valence electrons. The molecule has 20 heavy (non-hydrogen) atoms. The average molecular weight is 284 g/mol. The molecule has 1 rings (SSSR count). The molecule has 1 aromatic rings. The summed E-state index contributed by atoms with van der Waals surface area (Å²) in [6.07, 6.45) is 2.50. The van der Waals surface area contributed by atoms with Gasteiger partial charge in [-0.3, -0.25) is 0 Å². The second-order valence-corrected chi connectivity index (χ2v) is 5.18. The van der Waals surface area contributed by atoms with Crippen LogP contribution in [0.25, 0.3) is 6.08 Å². The first-order chi connectivity index (χ1) is 9.19. The third kappa shape index (κ3) is 5.26. The Labute approximate surface area is 116 Å². The Hall–Kier alpha value is -2.11. The van der Waals surface area contributed by atoms with Crippen LogP contribution in [0.5, 0.6) is 0 Å². The fraction of sp³-hybridized carbons (Fsp3) is 0.357. The smallest absolute Gasteiger partial charge is 0.407 e.